The molecular formula is C28H35N7O. The minimum atomic E-state index is -0.0947. The number of carbonyl (C=O) groups is 1. The van der Waals surface area contributed by atoms with Gasteiger partial charge < -0.3 is 25.8 Å². The smallest absolute Gasteiger partial charge is 0.241 e. The third-order valence-electron chi connectivity index (χ3n) is 7.08. The van der Waals surface area contributed by atoms with E-state index in [4.69, 9.17) is 4.98 Å². The largest absolute Gasteiger partial charge is 0.369 e. The highest BCUT2D eigenvalue weighted by Gasteiger charge is 2.22. The summed E-state index contributed by atoms with van der Waals surface area (Å²) in [6.45, 7) is 10.6. The lowest BCUT2D eigenvalue weighted by Gasteiger charge is -2.35. The van der Waals surface area contributed by atoms with Gasteiger partial charge in [-0.25, -0.2) is 9.97 Å². The number of nitrogens with zero attached hydrogens (tertiary/aromatic N) is 4. The molecule has 3 heterocycles. The molecule has 0 unspecified atom stereocenters. The number of anilines is 4. The molecule has 0 bridgehead atoms. The van der Waals surface area contributed by atoms with Crippen molar-refractivity contribution < 1.29 is 4.79 Å². The number of aromatic nitrogens is 2. The number of piperazine rings is 1. The highest BCUT2D eigenvalue weighted by atomic mass is 16.2. The van der Waals surface area contributed by atoms with Crippen LogP contribution in [0, 0.1) is 6.92 Å². The van der Waals surface area contributed by atoms with Crippen molar-refractivity contribution >= 4 is 28.9 Å². The Balaban J connectivity index is 1.23. The second-order valence-corrected chi connectivity index (χ2v) is 9.53. The third-order valence-corrected chi connectivity index (χ3v) is 7.08. The van der Waals surface area contributed by atoms with E-state index >= 15 is 0 Å². The zero-order valence-corrected chi connectivity index (χ0v) is 21.1. The molecule has 0 spiro atoms. The molecule has 1 aromatic heterocycles. The lowest BCUT2D eigenvalue weighted by molar-refractivity contribution is -0.117. The number of hydrogen-bond acceptors (Lipinski definition) is 7. The quantitative estimate of drug-likeness (QED) is 0.466. The molecule has 3 N–H and O–H groups in total. The lowest BCUT2D eigenvalue weighted by Crippen LogP contribution is -2.46. The summed E-state index contributed by atoms with van der Waals surface area (Å²) in [7, 11) is 0. The Morgan fingerprint density at radius 1 is 1.03 bits per heavy atom. The number of carbonyl (C=O) groups excluding carboxylic acids is 1. The predicted octanol–water partition coefficient (Wildman–Crippen LogP) is 4.03. The van der Waals surface area contributed by atoms with Gasteiger partial charge in [-0.2, -0.15) is 0 Å². The summed E-state index contributed by atoms with van der Waals surface area (Å²) in [6.07, 6.45) is 3.77. The average Bonchev–Trinajstić information content (AvgIpc) is 3.46. The second-order valence-electron chi connectivity index (χ2n) is 9.53. The Morgan fingerprint density at radius 2 is 1.75 bits per heavy atom. The Hall–Kier alpha value is -3.49. The first-order chi connectivity index (χ1) is 17.6. The van der Waals surface area contributed by atoms with Crippen molar-refractivity contribution in [2.45, 2.75) is 32.7 Å². The molecule has 2 saturated heterocycles. The van der Waals surface area contributed by atoms with Crippen LogP contribution in [0.25, 0.3) is 11.3 Å². The minimum Gasteiger partial charge on any atom is -0.369 e. The molecule has 188 valence electrons. The monoisotopic (exact) mass is 485 g/mol. The molecule has 1 atom stereocenters. The van der Waals surface area contributed by atoms with E-state index in [9.17, 15) is 4.79 Å². The molecular weight excluding hydrogens is 450 g/mol. The summed E-state index contributed by atoms with van der Waals surface area (Å²) in [6, 6.07) is 16.2. The Morgan fingerprint density at radius 3 is 2.42 bits per heavy atom. The first-order valence-corrected chi connectivity index (χ1v) is 12.9. The van der Waals surface area contributed by atoms with E-state index in [1.165, 1.54) is 5.69 Å². The number of hydrogen-bond donors (Lipinski definition) is 3. The van der Waals surface area contributed by atoms with Gasteiger partial charge in [0.25, 0.3) is 0 Å². The Kier molecular flexibility index (Phi) is 7.44. The van der Waals surface area contributed by atoms with Gasteiger partial charge in [-0.1, -0.05) is 19.1 Å². The lowest BCUT2D eigenvalue weighted by atomic mass is 10.1. The van der Waals surface area contributed by atoms with E-state index in [0.29, 0.717) is 5.95 Å². The molecule has 0 aliphatic carbocycles. The van der Waals surface area contributed by atoms with Gasteiger partial charge in [-0.05, 0) is 74.8 Å². The summed E-state index contributed by atoms with van der Waals surface area (Å²) < 4.78 is 0. The van der Waals surface area contributed by atoms with E-state index in [2.05, 4.69) is 61.9 Å². The molecule has 36 heavy (non-hydrogen) atoms. The van der Waals surface area contributed by atoms with E-state index in [0.717, 1.165) is 80.3 Å². The molecule has 0 radical (unpaired) electrons. The number of rotatable bonds is 7. The number of amides is 1. The fraction of sp³-hybridized carbons (Fsp3) is 0.393. The summed E-state index contributed by atoms with van der Waals surface area (Å²) in [4.78, 5) is 26.6. The Labute approximate surface area is 213 Å². The van der Waals surface area contributed by atoms with Gasteiger partial charge in [0.1, 0.15) is 0 Å². The van der Waals surface area contributed by atoms with Gasteiger partial charge >= 0.3 is 0 Å². The Bertz CT molecular complexity index is 1170. The molecule has 8 nitrogen and oxygen atoms in total. The molecule has 2 aromatic carbocycles. The molecule has 8 heteroatoms. The summed E-state index contributed by atoms with van der Waals surface area (Å²) in [5.74, 6) is 0.587. The van der Waals surface area contributed by atoms with Gasteiger partial charge in [0.2, 0.25) is 11.9 Å². The van der Waals surface area contributed by atoms with Crippen molar-refractivity contribution in [1.82, 2.24) is 20.2 Å². The molecule has 0 saturated carbocycles. The molecule has 1 amide bonds. The van der Waals surface area contributed by atoms with Crippen molar-refractivity contribution in [2.75, 3.05) is 54.8 Å². The fourth-order valence-corrected chi connectivity index (χ4v) is 4.85. The minimum absolute atomic E-state index is 0.0270. The van der Waals surface area contributed by atoms with Gasteiger partial charge in [0.15, 0.2) is 0 Å². The zero-order chi connectivity index (χ0) is 24.9. The second kappa shape index (κ2) is 11.1. The summed E-state index contributed by atoms with van der Waals surface area (Å²) in [5, 5.41) is 9.58. The van der Waals surface area contributed by atoms with Crippen molar-refractivity contribution in [3.63, 3.8) is 0 Å². The van der Waals surface area contributed by atoms with E-state index in [-0.39, 0.29) is 11.9 Å². The van der Waals surface area contributed by atoms with Crippen LogP contribution in [0.4, 0.5) is 23.0 Å². The molecule has 2 aliphatic heterocycles. The normalized spacial score (nSPS) is 18.3. The van der Waals surface area contributed by atoms with E-state index in [1.807, 2.05) is 37.4 Å². The van der Waals surface area contributed by atoms with Crippen LogP contribution in [0.1, 0.15) is 25.3 Å². The SMILES string of the molecule is CCN1CCN(c2ccc(Nc3ncc(C)c(-c4ccc(NC(=O)[C@@H]5CCCN5)cc4)n3)cc2)CC1. The van der Waals surface area contributed by atoms with Crippen molar-refractivity contribution in [3.8, 4) is 11.3 Å². The van der Waals surface area contributed by atoms with E-state index in [1.54, 1.807) is 0 Å². The number of aryl methyl sites for hydroxylation is 1. The van der Waals surface area contributed by atoms with Gasteiger partial charge in [-0.15, -0.1) is 0 Å². The maximum absolute atomic E-state index is 12.4. The summed E-state index contributed by atoms with van der Waals surface area (Å²) >= 11 is 0. The van der Waals surface area contributed by atoms with Crippen molar-refractivity contribution in [2.24, 2.45) is 0 Å². The fourth-order valence-electron chi connectivity index (χ4n) is 4.85. The topological polar surface area (TPSA) is 85.4 Å². The van der Waals surface area contributed by atoms with Crippen LogP contribution < -0.4 is 20.9 Å². The van der Waals surface area contributed by atoms with Gasteiger partial charge in [0.05, 0.1) is 11.7 Å². The molecule has 2 aliphatic rings. The van der Waals surface area contributed by atoms with Crippen LogP contribution >= 0.6 is 0 Å². The average molecular weight is 486 g/mol. The molecule has 3 aromatic rings. The standard InChI is InChI=1S/C28H35N7O/c1-3-34-15-17-35(18-16-34)24-12-10-23(11-13-24)32-28-30-19-20(2)26(33-28)21-6-8-22(9-7-21)31-27(36)25-5-4-14-29-25/h6-13,19,25,29H,3-5,14-18H2,1-2H3,(H,31,36)(H,30,32,33)/t25-/m0/s1. The summed E-state index contributed by atoms with van der Waals surface area (Å²) in [5.41, 5.74) is 5.84. The van der Waals surface area contributed by atoms with Crippen LogP contribution in [-0.2, 0) is 4.79 Å². The van der Waals surface area contributed by atoms with Crippen LogP contribution in [0.2, 0.25) is 0 Å². The first kappa shape index (κ1) is 24.2. The maximum Gasteiger partial charge on any atom is 0.241 e. The van der Waals surface area contributed by atoms with Crippen LogP contribution in [-0.4, -0.2) is 66.1 Å². The van der Waals surface area contributed by atoms with Crippen molar-refractivity contribution in [3.05, 3.63) is 60.3 Å². The zero-order valence-electron chi connectivity index (χ0n) is 21.1. The van der Waals surface area contributed by atoms with Gasteiger partial charge in [-0.3, -0.25) is 4.79 Å². The van der Waals surface area contributed by atoms with E-state index < -0.39 is 0 Å². The van der Waals surface area contributed by atoms with Crippen LogP contribution in [0.15, 0.2) is 54.7 Å². The number of nitrogens with one attached hydrogen (secondary N) is 3. The predicted molar refractivity (Wildman–Crippen MR) is 146 cm³/mol. The first-order valence-electron chi connectivity index (χ1n) is 12.9. The number of benzene rings is 2. The van der Waals surface area contributed by atoms with Crippen LogP contribution in [0.5, 0.6) is 0 Å². The number of likely N-dealkylation sites (N-methyl/N-ethyl adjacent to an activating group) is 1. The molecule has 5 rings (SSSR count). The maximum atomic E-state index is 12.4. The highest BCUT2D eigenvalue weighted by molar-refractivity contribution is 5.95. The van der Waals surface area contributed by atoms with Gasteiger partial charge in [0, 0.05) is 55.0 Å². The van der Waals surface area contributed by atoms with Crippen LogP contribution in [0.3, 0.4) is 0 Å². The van der Waals surface area contributed by atoms with Crippen molar-refractivity contribution in [1.29, 1.82) is 0 Å². The highest BCUT2D eigenvalue weighted by Crippen LogP contribution is 2.26. The third kappa shape index (κ3) is 5.66. The molecule has 2 fully saturated rings.